The Labute approximate surface area is 109 Å². The summed E-state index contributed by atoms with van der Waals surface area (Å²) < 4.78 is 0. The van der Waals surface area contributed by atoms with Crippen LogP contribution in [0.1, 0.15) is 39.5 Å². The number of hydrogen-bond acceptors (Lipinski definition) is 2. The molecule has 98 valence electrons. The van der Waals surface area contributed by atoms with E-state index in [1.165, 1.54) is 0 Å². The molecule has 0 aromatic rings. The Balaban J connectivity index is 2.36. The number of thiocarbonyl (C=S) groups is 1. The average molecular weight is 257 g/mol. The van der Waals surface area contributed by atoms with Gasteiger partial charge in [0.15, 0.2) is 0 Å². The Bertz CT molecular complexity index is 285. The maximum atomic E-state index is 11.8. The van der Waals surface area contributed by atoms with Crippen molar-refractivity contribution in [2.75, 3.05) is 19.6 Å². The molecule has 0 aromatic carbocycles. The molecule has 0 aliphatic carbocycles. The third kappa shape index (κ3) is 3.84. The molecule has 0 unspecified atom stereocenters. The molecule has 5 heteroatoms. The van der Waals surface area contributed by atoms with Crippen molar-refractivity contribution in [1.29, 1.82) is 0 Å². The zero-order valence-electron chi connectivity index (χ0n) is 10.8. The first-order valence-corrected chi connectivity index (χ1v) is 6.73. The molecule has 0 saturated carbocycles. The van der Waals surface area contributed by atoms with Crippen LogP contribution in [0.25, 0.3) is 0 Å². The summed E-state index contributed by atoms with van der Waals surface area (Å²) in [6.45, 7) is 6.44. The molecular weight excluding hydrogens is 234 g/mol. The van der Waals surface area contributed by atoms with E-state index in [1.54, 1.807) is 0 Å². The minimum atomic E-state index is -0.0739. The Morgan fingerprint density at radius 1 is 1.47 bits per heavy atom. The van der Waals surface area contributed by atoms with E-state index in [9.17, 15) is 4.79 Å². The number of likely N-dealkylation sites (tertiary alicyclic amines) is 1. The summed E-state index contributed by atoms with van der Waals surface area (Å²) in [5, 5.41) is 2.93. The lowest BCUT2D eigenvalue weighted by Gasteiger charge is -2.38. The quantitative estimate of drug-likeness (QED) is 0.597. The van der Waals surface area contributed by atoms with Crippen LogP contribution in [0.2, 0.25) is 0 Å². The fourth-order valence-electron chi connectivity index (χ4n) is 1.93. The first kappa shape index (κ1) is 14.2. The van der Waals surface area contributed by atoms with E-state index in [2.05, 4.69) is 19.2 Å². The van der Waals surface area contributed by atoms with Crippen LogP contribution in [0.3, 0.4) is 0 Å². The zero-order chi connectivity index (χ0) is 12.9. The zero-order valence-corrected chi connectivity index (χ0v) is 11.6. The highest BCUT2D eigenvalue weighted by Crippen LogP contribution is 2.30. The maximum absolute atomic E-state index is 11.8. The number of amides is 2. The standard InChI is InChI=1S/C12H23N3OS/c1-3-4-7-14-11(16)15-8-5-12(2,6-9-15)10(13)17/h3-9H2,1-2H3,(H2,13,17)(H,14,16). The second-order valence-electron chi connectivity index (χ2n) is 5.00. The first-order valence-electron chi connectivity index (χ1n) is 6.32. The van der Waals surface area contributed by atoms with Crippen LogP contribution in [-0.4, -0.2) is 35.6 Å². The molecule has 0 spiro atoms. The van der Waals surface area contributed by atoms with E-state index in [1.807, 2.05) is 4.90 Å². The number of piperidine rings is 1. The summed E-state index contributed by atoms with van der Waals surface area (Å²) in [4.78, 5) is 14.2. The van der Waals surface area contributed by atoms with Gasteiger partial charge in [-0.25, -0.2) is 4.79 Å². The summed E-state index contributed by atoms with van der Waals surface area (Å²) in [5.74, 6) is 0. The number of nitrogens with two attached hydrogens (primary N) is 1. The summed E-state index contributed by atoms with van der Waals surface area (Å²) in [6.07, 6.45) is 3.86. The molecule has 1 fully saturated rings. The molecule has 1 heterocycles. The second kappa shape index (κ2) is 6.19. The molecular formula is C12H23N3OS. The van der Waals surface area contributed by atoms with E-state index in [4.69, 9.17) is 18.0 Å². The molecule has 0 bridgehead atoms. The average Bonchev–Trinajstić information content (AvgIpc) is 2.30. The normalized spacial score (nSPS) is 18.8. The van der Waals surface area contributed by atoms with Crippen LogP contribution in [-0.2, 0) is 0 Å². The lowest BCUT2D eigenvalue weighted by molar-refractivity contribution is 0.160. The Kier molecular flexibility index (Phi) is 5.18. The Morgan fingerprint density at radius 2 is 2.06 bits per heavy atom. The van der Waals surface area contributed by atoms with Gasteiger partial charge in [-0.1, -0.05) is 32.5 Å². The number of carbonyl (C=O) groups is 1. The summed E-state index contributed by atoms with van der Waals surface area (Å²) >= 11 is 5.08. The van der Waals surface area contributed by atoms with Gasteiger partial charge in [-0.2, -0.15) is 0 Å². The lowest BCUT2D eigenvalue weighted by Crippen LogP contribution is -2.49. The molecule has 1 saturated heterocycles. The molecule has 1 rings (SSSR count). The monoisotopic (exact) mass is 257 g/mol. The van der Waals surface area contributed by atoms with E-state index in [0.29, 0.717) is 4.99 Å². The minimum Gasteiger partial charge on any atom is -0.393 e. The van der Waals surface area contributed by atoms with E-state index in [0.717, 1.165) is 45.3 Å². The van der Waals surface area contributed by atoms with Gasteiger partial charge >= 0.3 is 6.03 Å². The van der Waals surface area contributed by atoms with Crippen LogP contribution in [0.15, 0.2) is 0 Å². The third-order valence-electron chi connectivity index (χ3n) is 3.56. The molecule has 1 aliphatic rings. The number of nitrogens with zero attached hydrogens (tertiary/aromatic N) is 1. The third-order valence-corrected chi connectivity index (χ3v) is 4.05. The maximum Gasteiger partial charge on any atom is 0.317 e. The number of rotatable bonds is 4. The molecule has 0 atom stereocenters. The highest BCUT2D eigenvalue weighted by Gasteiger charge is 2.33. The molecule has 0 aromatic heterocycles. The van der Waals surface area contributed by atoms with Gasteiger partial charge in [0, 0.05) is 25.0 Å². The van der Waals surface area contributed by atoms with Gasteiger partial charge in [0.25, 0.3) is 0 Å². The van der Waals surface area contributed by atoms with Gasteiger partial charge in [0.1, 0.15) is 0 Å². The molecule has 2 amide bonds. The first-order chi connectivity index (χ1) is 7.99. The van der Waals surface area contributed by atoms with Gasteiger partial charge in [-0.3, -0.25) is 0 Å². The van der Waals surface area contributed by atoms with Crippen molar-refractivity contribution in [1.82, 2.24) is 10.2 Å². The predicted octanol–water partition coefficient (Wildman–Crippen LogP) is 1.88. The van der Waals surface area contributed by atoms with Crippen molar-refractivity contribution in [3.8, 4) is 0 Å². The van der Waals surface area contributed by atoms with Crippen LogP contribution in [0, 0.1) is 5.41 Å². The molecule has 0 radical (unpaired) electrons. The highest BCUT2D eigenvalue weighted by atomic mass is 32.1. The van der Waals surface area contributed by atoms with Crippen molar-refractivity contribution in [2.24, 2.45) is 11.1 Å². The number of urea groups is 1. The van der Waals surface area contributed by atoms with Crippen LogP contribution >= 0.6 is 12.2 Å². The molecule has 4 nitrogen and oxygen atoms in total. The van der Waals surface area contributed by atoms with Crippen LogP contribution in [0.5, 0.6) is 0 Å². The molecule has 17 heavy (non-hydrogen) atoms. The fraction of sp³-hybridized carbons (Fsp3) is 0.833. The summed E-state index contributed by atoms with van der Waals surface area (Å²) in [7, 11) is 0. The van der Waals surface area contributed by atoms with Crippen molar-refractivity contribution in [3.63, 3.8) is 0 Å². The second-order valence-corrected chi connectivity index (χ2v) is 5.44. The van der Waals surface area contributed by atoms with Gasteiger partial charge in [0.2, 0.25) is 0 Å². The number of unbranched alkanes of at least 4 members (excludes halogenated alkanes) is 1. The van der Waals surface area contributed by atoms with Crippen LogP contribution in [0.4, 0.5) is 4.79 Å². The van der Waals surface area contributed by atoms with E-state index < -0.39 is 0 Å². The Hall–Kier alpha value is -0.840. The molecule has 1 aliphatic heterocycles. The molecule has 3 N–H and O–H groups in total. The minimum absolute atomic E-state index is 0.0449. The van der Waals surface area contributed by atoms with Gasteiger partial charge in [-0.15, -0.1) is 0 Å². The smallest absolute Gasteiger partial charge is 0.317 e. The largest absolute Gasteiger partial charge is 0.393 e. The predicted molar refractivity (Wildman–Crippen MR) is 74.0 cm³/mol. The topological polar surface area (TPSA) is 58.4 Å². The van der Waals surface area contributed by atoms with Gasteiger partial charge < -0.3 is 16.0 Å². The van der Waals surface area contributed by atoms with Crippen molar-refractivity contribution < 1.29 is 4.79 Å². The fourth-order valence-corrected chi connectivity index (χ4v) is 2.14. The number of carbonyl (C=O) groups excluding carboxylic acids is 1. The Morgan fingerprint density at radius 3 is 2.53 bits per heavy atom. The van der Waals surface area contributed by atoms with Gasteiger partial charge in [-0.05, 0) is 19.3 Å². The lowest BCUT2D eigenvalue weighted by atomic mass is 9.80. The highest BCUT2D eigenvalue weighted by molar-refractivity contribution is 7.80. The van der Waals surface area contributed by atoms with Crippen LogP contribution < -0.4 is 11.1 Å². The van der Waals surface area contributed by atoms with Crippen molar-refractivity contribution >= 4 is 23.2 Å². The van der Waals surface area contributed by atoms with Crippen molar-refractivity contribution in [2.45, 2.75) is 39.5 Å². The number of nitrogens with one attached hydrogen (secondary N) is 1. The van der Waals surface area contributed by atoms with E-state index >= 15 is 0 Å². The van der Waals surface area contributed by atoms with Crippen molar-refractivity contribution in [3.05, 3.63) is 0 Å². The summed E-state index contributed by atoms with van der Waals surface area (Å²) in [6, 6.07) is 0.0449. The van der Waals surface area contributed by atoms with E-state index in [-0.39, 0.29) is 11.4 Å². The SMILES string of the molecule is CCCCNC(=O)N1CCC(C)(C(N)=S)CC1. The van der Waals surface area contributed by atoms with Gasteiger partial charge in [0.05, 0.1) is 4.99 Å². The summed E-state index contributed by atoms with van der Waals surface area (Å²) in [5.41, 5.74) is 5.66. The number of hydrogen-bond donors (Lipinski definition) is 2.